The van der Waals surface area contributed by atoms with Crippen molar-refractivity contribution in [1.29, 1.82) is 0 Å². The first-order valence-electron chi connectivity index (χ1n) is 9.17. The molecule has 1 aromatic heterocycles. The first-order chi connectivity index (χ1) is 12.3. The van der Waals surface area contributed by atoms with E-state index in [1.165, 1.54) is 46.6 Å². The van der Waals surface area contributed by atoms with Gasteiger partial charge in [0.1, 0.15) is 0 Å². The predicted molar refractivity (Wildman–Crippen MR) is 103 cm³/mol. The van der Waals surface area contributed by atoms with Crippen molar-refractivity contribution in [2.45, 2.75) is 32.6 Å². The summed E-state index contributed by atoms with van der Waals surface area (Å²) in [5.74, 6) is 0.550. The van der Waals surface area contributed by atoms with Gasteiger partial charge in [-0.25, -0.2) is 4.68 Å². The van der Waals surface area contributed by atoms with Crippen LogP contribution in [0.5, 0.6) is 0 Å². The zero-order valence-corrected chi connectivity index (χ0v) is 15.0. The highest BCUT2D eigenvalue weighted by Gasteiger charge is 2.25. The minimum atomic E-state index is 0.550. The third-order valence-corrected chi connectivity index (χ3v) is 5.28. The molecular formula is C22H25N3. The number of hydrogen-bond donors (Lipinski definition) is 1. The summed E-state index contributed by atoms with van der Waals surface area (Å²) in [6.45, 7) is 6.57. The fourth-order valence-corrected chi connectivity index (χ4v) is 3.91. The van der Waals surface area contributed by atoms with Gasteiger partial charge in [0.15, 0.2) is 0 Å². The predicted octanol–water partition coefficient (Wildman–Crippen LogP) is 4.62. The van der Waals surface area contributed by atoms with E-state index in [4.69, 9.17) is 5.10 Å². The summed E-state index contributed by atoms with van der Waals surface area (Å²) in [5.41, 5.74) is 7.47. The second kappa shape index (κ2) is 6.85. The van der Waals surface area contributed by atoms with E-state index in [9.17, 15) is 0 Å². The van der Waals surface area contributed by atoms with Crippen LogP contribution in [0.25, 0.3) is 16.9 Å². The molecule has 0 atom stereocenters. The zero-order chi connectivity index (χ0) is 17.2. The Morgan fingerprint density at radius 2 is 1.60 bits per heavy atom. The van der Waals surface area contributed by atoms with Gasteiger partial charge >= 0.3 is 0 Å². The van der Waals surface area contributed by atoms with Gasteiger partial charge in [-0.05, 0) is 57.0 Å². The average Bonchev–Trinajstić information content (AvgIpc) is 3.00. The normalized spacial score (nSPS) is 15.4. The summed E-state index contributed by atoms with van der Waals surface area (Å²) in [6.07, 6.45) is 2.33. The van der Waals surface area contributed by atoms with Crippen LogP contribution in [0.2, 0.25) is 0 Å². The van der Waals surface area contributed by atoms with Crippen LogP contribution in [0, 0.1) is 13.8 Å². The van der Waals surface area contributed by atoms with Gasteiger partial charge in [-0.15, -0.1) is 0 Å². The molecule has 4 rings (SSSR count). The molecule has 0 spiro atoms. The minimum Gasteiger partial charge on any atom is -0.317 e. The van der Waals surface area contributed by atoms with Crippen molar-refractivity contribution >= 4 is 0 Å². The number of aryl methyl sites for hydroxylation is 1. The van der Waals surface area contributed by atoms with Gasteiger partial charge in [-0.3, -0.25) is 0 Å². The summed E-state index contributed by atoms with van der Waals surface area (Å²) in [6, 6.07) is 19.2. The molecule has 1 saturated heterocycles. The Hall–Kier alpha value is -2.39. The number of benzene rings is 2. The Bertz CT molecular complexity index is 858. The molecule has 0 saturated carbocycles. The lowest BCUT2D eigenvalue weighted by molar-refractivity contribution is 0.450. The summed E-state index contributed by atoms with van der Waals surface area (Å²) >= 11 is 0. The van der Waals surface area contributed by atoms with Gasteiger partial charge in [0.25, 0.3) is 0 Å². The Labute approximate surface area is 149 Å². The van der Waals surface area contributed by atoms with E-state index < -0.39 is 0 Å². The molecule has 0 bridgehead atoms. The maximum atomic E-state index is 5.13. The second-order valence-electron chi connectivity index (χ2n) is 6.95. The number of rotatable bonds is 3. The Morgan fingerprint density at radius 1 is 0.920 bits per heavy atom. The lowest BCUT2D eigenvalue weighted by Crippen LogP contribution is -2.27. The van der Waals surface area contributed by atoms with Crippen molar-refractivity contribution < 1.29 is 0 Å². The van der Waals surface area contributed by atoms with E-state index in [1.54, 1.807) is 0 Å². The zero-order valence-electron chi connectivity index (χ0n) is 15.0. The molecule has 0 amide bonds. The second-order valence-corrected chi connectivity index (χ2v) is 6.95. The number of nitrogens with one attached hydrogen (secondary N) is 1. The fourth-order valence-electron chi connectivity index (χ4n) is 3.91. The molecule has 3 heteroatoms. The van der Waals surface area contributed by atoms with Gasteiger partial charge in [0.2, 0.25) is 0 Å². The maximum Gasteiger partial charge on any atom is 0.0773 e. The van der Waals surface area contributed by atoms with Crippen LogP contribution < -0.4 is 5.32 Å². The van der Waals surface area contributed by atoms with Crippen molar-refractivity contribution in [3.05, 3.63) is 71.4 Å². The summed E-state index contributed by atoms with van der Waals surface area (Å²) < 4.78 is 2.16. The Kier molecular flexibility index (Phi) is 4.41. The molecule has 25 heavy (non-hydrogen) atoms. The molecule has 1 N–H and O–H groups in total. The average molecular weight is 331 g/mol. The minimum absolute atomic E-state index is 0.550. The van der Waals surface area contributed by atoms with Crippen LogP contribution in [-0.2, 0) is 0 Å². The topological polar surface area (TPSA) is 29.9 Å². The van der Waals surface area contributed by atoms with Crippen LogP contribution in [-0.4, -0.2) is 22.9 Å². The molecule has 0 unspecified atom stereocenters. The van der Waals surface area contributed by atoms with Crippen LogP contribution in [0.3, 0.4) is 0 Å². The number of para-hydroxylation sites is 1. The summed E-state index contributed by atoms with van der Waals surface area (Å²) in [5, 5.41) is 8.59. The molecule has 3 nitrogen and oxygen atoms in total. The molecule has 128 valence electrons. The molecule has 1 aliphatic heterocycles. The van der Waals surface area contributed by atoms with E-state index >= 15 is 0 Å². The van der Waals surface area contributed by atoms with E-state index in [-0.39, 0.29) is 0 Å². The summed E-state index contributed by atoms with van der Waals surface area (Å²) in [4.78, 5) is 0. The maximum absolute atomic E-state index is 5.13. The van der Waals surface area contributed by atoms with Crippen molar-refractivity contribution in [2.24, 2.45) is 0 Å². The van der Waals surface area contributed by atoms with Crippen molar-refractivity contribution in [3.63, 3.8) is 0 Å². The highest BCUT2D eigenvalue weighted by Crippen LogP contribution is 2.35. The smallest absolute Gasteiger partial charge is 0.0773 e. The SMILES string of the molecule is Cc1ccccc1-n1nc(C2CCNCC2)c(C)c1-c1ccccc1. The van der Waals surface area contributed by atoms with Crippen LogP contribution in [0.15, 0.2) is 54.6 Å². The number of nitrogens with zero attached hydrogens (tertiary/aromatic N) is 2. The van der Waals surface area contributed by atoms with E-state index in [0.717, 1.165) is 13.1 Å². The van der Waals surface area contributed by atoms with Crippen LogP contribution in [0.1, 0.15) is 35.6 Å². The molecule has 2 aromatic carbocycles. The molecule has 1 aliphatic rings. The molecule has 1 fully saturated rings. The van der Waals surface area contributed by atoms with Crippen molar-refractivity contribution in [2.75, 3.05) is 13.1 Å². The fraction of sp³-hybridized carbons (Fsp3) is 0.318. The highest BCUT2D eigenvalue weighted by molar-refractivity contribution is 5.67. The van der Waals surface area contributed by atoms with E-state index in [1.807, 2.05) is 0 Å². The number of piperidine rings is 1. The van der Waals surface area contributed by atoms with Crippen molar-refractivity contribution in [3.8, 4) is 16.9 Å². The first-order valence-corrected chi connectivity index (χ1v) is 9.17. The number of hydrogen-bond acceptors (Lipinski definition) is 2. The van der Waals surface area contributed by atoms with E-state index in [0.29, 0.717) is 5.92 Å². The Morgan fingerprint density at radius 3 is 2.32 bits per heavy atom. The molecule has 2 heterocycles. The monoisotopic (exact) mass is 331 g/mol. The molecule has 0 radical (unpaired) electrons. The van der Waals surface area contributed by atoms with Crippen molar-refractivity contribution in [1.82, 2.24) is 15.1 Å². The molecule has 0 aliphatic carbocycles. The van der Waals surface area contributed by atoms with Gasteiger partial charge in [0.05, 0.1) is 17.1 Å². The van der Waals surface area contributed by atoms with E-state index in [2.05, 4.69) is 78.4 Å². The largest absolute Gasteiger partial charge is 0.317 e. The molecular weight excluding hydrogens is 306 g/mol. The number of aromatic nitrogens is 2. The standard InChI is InChI=1S/C22H25N3/c1-16-8-6-7-11-20(16)25-22(19-9-4-3-5-10-19)17(2)21(24-25)18-12-14-23-15-13-18/h3-11,18,23H,12-15H2,1-2H3. The summed E-state index contributed by atoms with van der Waals surface area (Å²) in [7, 11) is 0. The quantitative estimate of drug-likeness (QED) is 0.759. The van der Waals surface area contributed by atoms with Gasteiger partial charge in [-0.2, -0.15) is 5.10 Å². The van der Waals surface area contributed by atoms with Gasteiger partial charge < -0.3 is 5.32 Å². The van der Waals surface area contributed by atoms with Crippen LogP contribution in [0.4, 0.5) is 0 Å². The third-order valence-electron chi connectivity index (χ3n) is 5.28. The van der Waals surface area contributed by atoms with Gasteiger partial charge in [-0.1, -0.05) is 48.5 Å². The Balaban J connectivity index is 1.91. The third kappa shape index (κ3) is 3.00. The van der Waals surface area contributed by atoms with Gasteiger partial charge in [0, 0.05) is 11.5 Å². The highest BCUT2D eigenvalue weighted by atomic mass is 15.3. The lowest BCUT2D eigenvalue weighted by atomic mass is 9.91. The van der Waals surface area contributed by atoms with Crippen LogP contribution >= 0.6 is 0 Å². The molecule has 3 aromatic rings. The first kappa shape index (κ1) is 16.1. The lowest BCUT2D eigenvalue weighted by Gasteiger charge is -2.21.